The van der Waals surface area contributed by atoms with Crippen molar-refractivity contribution in [1.82, 2.24) is 0 Å². The molecule has 1 fully saturated rings. The molecule has 2 atom stereocenters. The van der Waals surface area contributed by atoms with Crippen molar-refractivity contribution in [3.8, 4) is 5.75 Å². The van der Waals surface area contributed by atoms with Crippen LogP contribution < -0.4 is 4.74 Å². The van der Waals surface area contributed by atoms with Crippen LogP contribution in [-0.2, 0) is 57.1 Å². The predicted molar refractivity (Wildman–Crippen MR) is 195 cm³/mol. The minimum Gasteiger partial charge on any atom is -0.490 e. The van der Waals surface area contributed by atoms with E-state index in [1.54, 1.807) is 6.92 Å². The van der Waals surface area contributed by atoms with Crippen molar-refractivity contribution in [2.24, 2.45) is 11.8 Å². The number of benzene rings is 1. The number of hydrogen-bond acceptors (Lipinski definition) is 13. The van der Waals surface area contributed by atoms with E-state index in [0.717, 1.165) is 25.7 Å². The zero-order valence-electron chi connectivity index (χ0n) is 31.4. The molecule has 294 valence electrons. The Balaban J connectivity index is 1.75. The first-order valence-corrected chi connectivity index (χ1v) is 18.0. The highest BCUT2D eigenvalue weighted by molar-refractivity contribution is 5.87. The van der Waals surface area contributed by atoms with Crippen LogP contribution in [-0.4, -0.2) is 94.9 Å². The number of carbonyl (C=O) groups is 5. The summed E-state index contributed by atoms with van der Waals surface area (Å²) in [4.78, 5) is 60.0. The van der Waals surface area contributed by atoms with E-state index in [0.29, 0.717) is 42.8 Å². The first-order chi connectivity index (χ1) is 25.3. The Kier molecular flexibility index (Phi) is 21.5. The fraction of sp³-hybridized carbons (Fsp3) is 0.575. The third-order valence-corrected chi connectivity index (χ3v) is 8.02. The lowest BCUT2D eigenvalue weighted by Gasteiger charge is -2.29. The van der Waals surface area contributed by atoms with Gasteiger partial charge in [-0.3, -0.25) is 9.59 Å². The van der Waals surface area contributed by atoms with E-state index in [1.807, 2.05) is 30.3 Å². The van der Waals surface area contributed by atoms with Crippen molar-refractivity contribution in [3.63, 3.8) is 0 Å². The van der Waals surface area contributed by atoms with E-state index < -0.39 is 42.1 Å². The fourth-order valence-corrected chi connectivity index (χ4v) is 5.03. The summed E-state index contributed by atoms with van der Waals surface area (Å²) in [7, 11) is 0. The molecule has 2 rings (SSSR count). The molecule has 0 saturated heterocycles. The molecule has 1 aromatic rings. The van der Waals surface area contributed by atoms with Gasteiger partial charge in [0, 0.05) is 42.8 Å². The molecule has 0 spiro atoms. The maximum atomic E-state index is 12.5. The molecule has 0 heterocycles. The van der Waals surface area contributed by atoms with Gasteiger partial charge in [0.2, 0.25) is 0 Å². The minimum absolute atomic E-state index is 0.0124. The largest absolute Gasteiger partial charge is 0.490 e. The molecular weight excluding hydrogens is 688 g/mol. The maximum Gasteiger partial charge on any atom is 0.333 e. The third kappa shape index (κ3) is 20.4. The summed E-state index contributed by atoms with van der Waals surface area (Å²) in [6, 6.07) is 9.22. The van der Waals surface area contributed by atoms with E-state index in [2.05, 4.69) is 19.7 Å². The van der Waals surface area contributed by atoms with Gasteiger partial charge in [-0.05, 0) is 83.3 Å². The molecule has 0 bridgehead atoms. The van der Waals surface area contributed by atoms with Gasteiger partial charge >= 0.3 is 29.8 Å². The number of hydrogen-bond donors (Lipinski definition) is 0. The standard InChI is InChI=1S/C40H56O13/c1-28(2)38(43)48-20-10-14-36(41)52-34(26-50-33-12-8-7-9-13-33)24-46-22-31-16-18-32(19-17-31)23-47-25-35(27-51-40(45)30(5)6)53-37(42)15-11-21-49-39(44)29(3)4/h7-9,12-13,31-32,34-35H,1,3,5,10-11,14-27H2,2,4,6H3. The zero-order valence-corrected chi connectivity index (χ0v) is 31.4. The van der Waals surface area contributed by atoms with Crippen LogP contribution in [0.15, 0.2) is 66.8 Å². The Hall–Kier alpha value is -4.49. The molecule has 53 heavy (non-hydrogen) atoms. The van der Waals surface area contributed by atoms with Gasteiger partial charge in [0.15, 0.2) is 12.2 Å². The Morgan fingerprint density at radius 1 is 0.604 bits per heavy atom. The van der Waals surface area contributed by atoms with Gasteiger partial charge in [0.05, 0.1) is 26.4 Å². The lowest BCUT2D eigenvalue weighted by atomic mass is 9.83. The lowest BCUT2D eigenvalue weighted by molar-refractivity contribution is -0.162. The molecule has 0 amide bonds. The lowest BCUT2D eigenvalue weighted by Crippen LogP contribution is -2.32. The number of esters is 5. The number of rotatable bonds is 26. The average Bonchev–Trinajstić information content (AvgIpc) is 3.13. The smallest absolute Gasteiger partial charge is 0.333 e. The van der Waals surface area contributed by atoms with Gasteiger partial charge in [-0.25, -0.2) is 14.4 Å². The summed E-state index contributed by atoms with van der Waals surface area (Å²) in [6.07, 6.45) is 2.93. The monoisotopic (exact) mass is 744 g/mol. The molecule has 1 aromatic carbocycles. The van der Waals surface area contributed by atoms with Crippen molar-refractivity contribution in [2.75, 3.05) is 52.9 Å². The number of para-hydroxylation sites is 1. The van der Waals surface area contributed by atoms with E-state index in [1.165, 1.54) is 13.8 Å². The van der Waals surface area contributed by atoms with Crippen LogP contribution in [0.25, 0.3) is 0 Å². The SMILES string of the molecule is C=C(C)C(=O)OCCCC(=O)OC(COCC1CCC(COCC(COc2ccccc2)OC(=O)CCCOC(=O)C(=C)C)CC1)COC(=O)C(=C)C. The maximum absolute atomic E-state index is 12.5. The summed E-state index contributed by atoms with van der Waals surface area (Å²) in [5.41, 5.74) is 0.795. The van der Waals surface area contributed by atoms with Crippen molar-refractivity contribution in [1.29, 1.82) is 0 Å². The predicted octanol–water partition coefficient (Wildman–Crippen LogP) is 5.65. The summed E-state index contributed by atoms with van der Waals surface area (Å²) in [6.45, 7) is 16.5. The molecule has 0 aliphatic heterocycles. The van der Waals surface area contributed by atoms with Crippen LogP contribution in [0.5, 0.6) is 5.75 Å². The van der Waals surface area contributed by atoms with E-state index in [4.69, 9.17) is 37.9 Å². The first kappa shape index (κ1) is 44.7. The first-order valence-electron chi connectivity index (χ1n) is 18.0. The molecule has 1 aliphatic carbocycles. The van der Waals surface area contributed by atoms with E-state index in [9.17, 15) is 24.0 Å². The minimum atomic E-state index is -0.805. The zero-order chi connectivity index (χ0) is 39.0. The second-order valence-corrected chi connectivity index (χ2v) is 13.2. The van der Waals surface area contributed by atoms with E-state index in [-0.39, 0.29) is 70.0 Å². The Bertz CT molecular complexity index is 1350. The van der Waals surface area contributed by atoms with Crippen LogP contribution in [0, 0.1) is 11.8 Å². The van der Waals surface area contributed by atoms with Crippen LogP contribution in [0.4, 0.5) is 0 Å². The highest BCUT2D eigenvalue weighted by atomic mass is 16.6. The second kappa shape index (κ2) is 25.5. The topological polar surface area (TPSA) is 159 Å². The summed E-state index contributed by atoms with van der Waals surface area (Å²) < 4.78 is 44.2. The molecule has 1 aliphatic rings. The Morgan fingerprint density at radius 3 is 1.45 bits per heavy atom. The summed E-state index contributed by atoms with van der Waals surface area (Å²) in [5.74, 6) is -1.30. The van der Waals surface area contributed by atoms with Gasteiger partial charge in [0.1, 0.15) is 19.0 Å². The molecule has 0 radical (unpaired) electrons. The normalized spacial score (nSPS) is 16.3. The number of carbonyl (C=O) groups excluding carboxylic acids is 5. The molecule has 0 aromatic heterocycles. The van der Waals surface area contributed by atoms with Gasteiger partial charge in [-0.2, -0.15) is 0 Å². The third-order valence-electron chi connectivity index (χ3n) is 8.02. The van der Waals surface area contributed by atoms with E-state index >= 15 is 0 Å². The second-order valence-electron chi connectivity index (χ2n) is 13.2. The van der Waals surface area contributed by atoms with Crippen molar-refractivity contribution < 1.29 is 61.9 Å². The van der Waals surface area contributed by atoms with Gasteiger partial charge in [-0.1, -0.05) is 37.9 Å². The van der Waals surface area contributed by atoms with Gasteiger partial charge in [-0.15, -0.1) is 0 Å². The van der Waals surface area contributed by atoms with Crippen molar-refractivity contribution in [2.45, 2.75) is 84.3 Å². The quantitative estimate of drug-likeness (QED) is 0.0497. The van der Waals surface area contributed by atoms with Crippen LogP contribution >= 0.6 is 0 Å². The Morgan fingerprint density at radius 2 is 1.02 bits per heavy atom. The highest BCUT2D eigenvalue weighted by Gasteiger charge is 2.24. The molecule has 1 saturated carbocycles. The summed E-state index contributed by atoms with van der Waals surface area (Å²) in [5, 5.41) is 0. The summed E-state index contributed by atoms with van der Waals surface area (Å²) >= 11 is 0. The number of ether oxygens (including phenoxy) is 8. The van der Waals surface area contributed by atoms with Crippen LogP contribution in [0.2, 0.25) is 0 Å². The van der Waals surface area contributed by atoms with Gasteiger partial charge < -0.3 is 37.9 Å². The molecule has 2 unspecified atom stereocenters. The van der Waals surface area contributed by atoms with Crippen LogP contribution in [0.1, 0.15) is 72.1 Å². The van der Waals surface area contributed by atoms with Crippen molar-refractivity contribution >= 4 is 29.8 Å². The Labute approximate surface area is 312 Å². The molecule has 0 N–H and O–H groups in total. The highest BCUT2D eigenvalue weighted by Crippen LogP contribution is 2.29. The molecular formula is C40H56O13. The van der Waals surface area contributed by atoms with Gasteiger partial charge in [0.25, 0.3) is 0 Å². The molecule has 13 nitrogen and oxygen atoms in total. The molecule has 13 heteroatoms. The average molecular weight is 745 g/mol. The van der Waals surface area contributed by atoms with Crippen LogP contribution in [0.3, 0.4) is 0 Å². The fourth-order valence-electron chi connectivity index (χ4n) is 5.03. The van der Waals surface area contributed by atoms with Crippen molar-refractivity contribution in [3.05, 3.63) is 66.8 Å².